The second-order valence-electron chi connectivity index (χ2n) is 8.04. The second kappa shape index (κ2) is 8.08. The van der Waals surface area contributed by atoms with E-state index >= 15 is 0 Å². The number of thioether (sulfide) groups is 1. The van der Waals surface area contributed by atoms with Gasteiger partial charge in [0.2, 0.25) is 0 Å². The first-order chi connectivity index (χ1) is 14.3. The van der Waals surface area contributed by atoms with Crippen LogP contribution in [0, 0.1) is 5.41 Å². The Balaban J connectivity index is 1.50. The maximum Gasteiger partial charge on any atom is 0.108 e. The van der Waals surface area contributed by atoms with Gasteiger partial charge in [-0.15, -0.1) is 0 Å². The van der Waals surface area contributed by atoms with Crippen LogP contribution < -0.4 is 5.32 Å². The fourth-order valence-corrected chi connectivity index (χ4v) is 5.88. The molecule has 0 amide bonds. The van der Waals surface area contributed by atoms with E-state index < -0.39 is 0 Å². The SMILES string of the molecule is c1ccc(-c2ccccc2CN=C2Nc3ccccc3CC23CCSCC3)cc1. The number of nitrogens with one attached hydrogen (secondary N) is 1. The fourth-order valence-electron chi connectivity index (χ4n) is 4.61. The van der Waals surface area contributed by atoms with Gasteiger partial charge < -0.3 is 5.32 Å². The highest BCUT2D eigenvalue weighted by atomic mass is 32.2. The van der Waals surface area contributed by atoms with Gasteiger partial charge in [-0.25, -0.2) is 0 Å². The first-order valence-corrected chi connectivity index (χ1v) is 11.6. The Hall–Kier alpha value is -2.52. The molecule has 1 fully saturated rings. The van der Waals surface area contributed by atoms with Crippen LogP contribution in [0.15, 0.2) is 83.9 Å². The molecule has 146 valence electrons. The predicted molar refractivity (Wildman–Crippen MR) is 126 cm³/mol. The van der Waals surface area contributed by atoms with Gasteiger partial charge in [-0.3, -0.25) is 4.99 Å². The highest BCUT2D eigenvalue weighted by Crippen LogP contribution is 2.44. The Kier molecular flexibility index (Phi) is 5.15. The Morgan fingerprint density at radius 3 is 2.41 bits per heavy atom. The van der Waals surface area contributed by atoms with Crippen LogP contribution in [0.2, 0.25) is 0 Å². The third-order valence-corrected chi connectivity index (χ3v) is 7.25. The number of hydrogen-bond acceptors (Lipinski definition) is 2. The van der Waals surface area contributed by atoms with Gasteiger partial charge in [0.05, 0.1) is 6.54 Å². The Morgan fingerprint density at radius 2 is 1.55 bits per heavy atom. The molecule has 1 saturated heterocycles. The van der Waals surface area contributed by atoms with E-state index in [1.54, 1.807) is 0 Å². The Labute approximate surface area is 177 Å². The molecule has 3 heteroatoms. The quantitative estimate of drug-likeness (QED) is 0.549. The number of para-hydroxylation sites is 1. The average molecular weight is 399 g/mol. The summed E-state index contributed by atoms with van der Waals surface area (Å²) >= 11 is 2.08. The van der Waals surface area contributed by atoms with E-state index in [4.69, 9.17) is 4.99 Å². The first kappa shape index (κ1) is 18.5. The van der Waals surface area contributed by atoms with Crippen LogP contribution in [0.5, 0.6) is 0 Å². The minimum atomic E-state index is 0.168. The normalized spacial score (nSPS) is 19.0. The number of anilines is 1. The summed E-state index contributed by atoms with van der Waals surface area (Å²) in [5, 5.41) is 3.73. The van der Waals surface area contributed by atoms with Crippen LogP contribution in [-0.2, 0) is 13.0 Å². The molecule has 3 aromatic carbocycles. The Morgan fingerprint density at radius 1 is 0.828 bits per heavy atom. The molecule has 2 heterocycles. The van der Waals surface area contributed by atoms with Crippen LogP contribution in [-0.4, -0.2) is 17.3 Å². The molecule has 1 spiro atoms. The highest BCUT2D eigenvalue weighted by molar-refractivity contribution is 7.99. The smallest absolute Gasteiger partial charge is 0.108 e. The maximum absolute atomic E-state index is 5.21. The van der Waals surface area contributed by atoms with E-state index in [9.17, 15) is 0 Å². The lowest BCUT2D eigenvalue weighted by Crippen LogP contribution is -2.44. The monoisotopic (exact) mass is 398 g/mol. The molecule has 5 rings (SSSR count). The van der Waals surface area contributed by atoms with Crippen molar-refractivity contribution in [2.24, 2.45) is 10.4 Å². The minimum Gasteiger partial charge on any atom is -0.343 e. The van der Waals surface area contributed by atoms with Crippen LogP contribution in [0.3, 0.4) is 0 Å². The number of rotatable bonds is 3. The summed E-state index contributed by atoms with van der Waals surface area (Å²) in [5.74, 6) is 3.65. The summed E-state index contributed by atoms with van der Waals surface area (Å²) in [6.45, 7) is 0.713. The molecule has 3 aromatic rings. The van der Waals surface area contributed by atoms with E-state index in [0.717, 1.165) is 6.42 Å². The van der Waals surface area contributed by atoms with Gasteiger partial charge in [0.1, 0.15) is 5.84 Å². The molecular weight excluding hydrogens is 372 g/mol. The number of aliphatic imine (C=N–C) groups is 1. The van der Waals surface area contributed by atoms with Crippen LogP contribution in [0.1, 0.15) is 24.0 Å². The molecule has 1 N–H and O–H groups in total. The molecule has 0 radical (unpaired) electrons. The summed E-state index contributed by atoms with van der Waals surface area (Å²) < 4.78 is 0. The van der Waals surface area contributed by atoms with Gasteiger partial charge in [0.25, 0.3) is 0 Å². The summed E-state index contributed by atoms with van der Waals surface area (Å²) in [4.78, 5) is 5.21. The summed E-state index contributed by atoms with van der Waals surface area (Å²) in [5.41, 5.74) is 6.65. The number of nitrogens with zero attached hydrogens (tertiary/aromatic N) is 1. The molecule has 0 bridgehead atoms. The lowest BCUT2D eigenvalue weighted by molar-refractivity contribution is 0.377. The number of benzene rings is 3. The third-order valence-electron chi connectivity index (χ3n) is 6.26. The van der Waals surface area contributed by atoms with E-state index in [-0.39, 0.29) is 5.41 Å². The van der Waals surface area contributed by atoms with E-state index in [1.165, 1.54) is 58.1 Å². The van der Waals surface area contributed by atoms with Gasteiger partial charge >= 0.3 is 0 Å². The van der Waals surface area contributed by atoms with E-state index in [2.05, 4.69) is 95.9 Å². The molecule has 29 heavy (non-hydrogen) atoms. The largest absolute Gasteiger partial charge is 0.343 e. The molecule has 0 atom stereocenters. The Bertz CT molecular complexity index is 1020. The lowest BCUT2D eigenvalue weighted by Gasteiger charge is -2.42. The van der Waals surface area contributed by atoms with Crippen LogP contribution in [0.4, 0.5) is 5.69 Å². The van der Waals surface area contributed by atoms with Crippen molar-refractivity contribution in [3.05, 3.63) is 90.0 Å². The number of fused-ring (bicyclic) bond motifs is 1. The van der Waals surface area contributed by atoms with Crippen molar-refractivity contribution < 1.29 is 0 Å². The van der Waals surface area contributed by atoms with Crippen molar-refractivity contribution in [3.8, 4) is 11.1 Å². The zero-order valence-corrected chi connectivity index (χ0v) is 17.4. The molecule has 0 aromatic heterocycles. The van der Waals surface area contributed by atoms with E-state index in [1.807, 2.05) is 0 Å². The van der Waals surface area contributed by atoms with Crippen molar-refractivity contribution in [2.45, 2.75) is 25.8 Å². The molecule has 2 aliphatic heterocycles. The molecule has 0 saturated carbocycles. The third kappa shape index (κ3) is 3.72. The zero-order valence-electron chi connectivity index (χ0n) is 16.6. The predicted octanol–water partition coefficient (Wildman–Crippen LogP) is 6.43. The van der Waals surface area contributed by atoms with Gasteiger partial charge in [0, 0.05) is 11.1 Å². The summed E-state index contributed by atoms with van der Waals surface area (Å²) in [6, 6.07) is 28.0. The van der Waals surface area contributed by atoms with Crippen molar-refractivity contribution in [1.29, 1.82) is 0 Å². The standard InChI is InChI=1S/C26H26N2S/c1-2-8-20(9-3-1)23-12-6-4-11-22(23)19-27-25-26(14-16-29-17-15-26)18-21-10-5-7-13-24(21)28-25/h1-13H,14-19H2,(H,27,28). The molecule has 0 aliphatic carbocycles. The first-order valence-electron chi connectivity index (χ1n) is 10.5. The molecular formula is C26H26N2S. The maximum atomic E-state index is 5.21. The van der Waals surface area contributed by atoms with Gasteiger partial charge in [0.15, 0.2) is 0 Å². The van der Waals surface area contributed by atoms with Crippen molar-refractivity contribution in [2.75, 3.05) is 16.8 Å². The van der Waals surface area contributed by atoms with Gasteiger partial charge in [-0.2, -0.15) is 11.8 Å². The molecule has 2 aliphatic rings. The van der Waals surface area contributed by atoms with Crippen LogP contribution >= 0.6 is 11.8 Å². The van der Waals surface area contributed by atoms with Crippen molar-refractivity contribution in [1.82, 2.24) is 0 Å². The van der Waals surface area contributed by atoms with Gasteiger partial charge in [-0.1, -0.05) is 72.8 Å². The molecule has 2 nitrogen and oxygen atoms in total. The molecule has 0 unspecified atom stereocenters. The van der Waals surface area contributed by atoms with Crippen molar-refractivity contribution in [3.63, 3.8) is 0 Å². The summed E-state index contributed by atoms with van der Waals surface area (Å²) in [6.07, 6.45) is 3.52. The van der Waals surface area contributed by atoms with Gasteiger partial charge in [-0.05, 0) is 59.1 Å². The average Bonchev–Trinajstić information content (AvgIpc) is 2.79. The lowest BCUT2D eigenvalue weighted by atomic mass is 9.73. The zero-order chi connectivity index (χ0) is 19.5. The van der Waals surface area contributed by atoms with E-state index in [0.29, 0.717) is 6.54 Å². The number of hydrogen-bond donors (Lipinski definition) is 1. The fraction of sp³-hybridized carbons (Fsp3) is 0.269. The van der Waals surface area contributed by atoms with Crippen molar-refractivity contribution >= 4 is 23.3 Å². The minimum absolute atomic E-state index is 0.168. The number of amidine groups is 1. The highest BCUT2D eigenvalue weighted by Gasteiger charge is 2.41. The second-order valence-corrected chi connectivity index (χ2v) is 9.26. The summed E-state index contributed by atoms with van der Waals surface area (Å²) in [7, 11) is 0. The topological polar surface area (TPSA) is 24.4 Å². The van der Waals surface area contributed by atoms with Crippen LogP contribution in [0.25, 0.3) is 11.1 Å².